The van der Waals surface area contributed by atoms with Crippen LogP contribution in [0.1, 0.15) is 5.56 Å². The van der Waals surface area contributed by atoms with Gasteiger partial charge >= 0.3 is 6.18 Å². The van der Waals surface area contributed by atoms with Crippen molar-refractivity contribution >= 4 is 0 Å². The van der Waals surface area contributed by atoms with E-state index in [0.717, 1.165) is 12.1 Å². The highest BCUT2D eigenvalue weighted by atomic mass is 19.4. The van der Waals surface area contributed by atoms with Gasteiger partial charge in [-0.1, -0.05) is 12.1 Å². The van der Waals surface area contributed by atoms with Crippen LogP contribution in [0.25, 0.3) is 11.4 Å². The molecule has 2 aromatic rings. The van der Waals surface area contributed by atoms with Gasteiger partial charge in [0.15, 0.2) is 0 Å². The Bertz CT molecular complexity index is 633. The molecular weight excluding hydrogens is 261 g/mol. The van der Waals surface area contributed by atoms with Crippen molar-refractivity contribution in [3.63, 3.8) is 0 Å². The van der Waals surface area contributed by atoms with Crippen LogP contribution in [0.2, 0.25) is 0 Å². The highest BCUT2D eigenvalue weighted by Crippen LogP contribution is 2.30. The predicted octanol–water partition coefficient (Wildman–Crippen LogP) is 2.46. The Hall–Kier alpha value is -2.31. The Labute approximate surface area is 105 Å². The lowest BCUT2D eigenvalue weighted by Crippen LogP contribution is -2.11. The smallest absolute Gasteiger partial charge is 0.416 e. The summed E-state index contributed by atoms with van der Waals surface area (Å²) in [6.07, 6.45) is -3.18. The second kappa shape index (κ2) is 4.75. The molecule has 1 aromatic heterocycles. The second-order valence-electron chi connectivity index (χ2n) is 3.70. The molecule has 0 radical (unpaired) electrons. The Kier molecular flexibility index (Phi) is 3.28. The van der Waals surface area contributed by atoms with Gasteiger partial charge in [-0.05, 0) is 12.1 Å². The van der Waals surface area contributed by atoms with E-state index in [1.54, 1.807) is 0 Å². The number of aromatic nitrogens is 2. The maximum absolute atomic E-state index is 12.4. The summed E-state index contributed by atoms with van der Waals surface area (Å²) in [5.41, 5.74) is -0.868. The average molecular weight is 270 g/mol. The fraction of sp³-hybridized carbons (Fsp3) is 0.167. The number of rotatable bonds is 2. The van der Waals surface area contributed by atoms with E-state index < -0.39 is 17.3 Å². The normalized spacial score (nSPS) is 11.4. The number of nitrogens with one attached hydrogen (secondary N) is 1. The minimum Gasteiger partial charge on any atom is -0.490 e. The molecule has 0 fully saturated rings. The molecule has 1 heterocycles. The SMILES string of the molecule is COc1cnc(-c2ccc(C(F)(F)F)cc2)[nH]c1=O. The van der Waals surface area contributed by atoms with E-state index in [0.29, 0.717) is 5.56 Å². The molecule has 4 nitrogen and oxygen atoms in total. The van der Waals surface area contributed by atoms with Gasteiger partial charge in [-0.25, -0.2) is 4.98 Å². The van der Waals surface area contributed by atoms with Crippen LogP contribution in [0.15, 0.2) is 35.3 Å². The molecule has 2 rings (SSSR count). The quantitative estimate of drug-likeness (QED) is 0.912. The van der Waals surface area contributed by atoms with Gasteiger partial charge in [-0.15, -0.1) is 0 Å². The van der Waals surface area contributed by atoms with E-state index in [-0.39, 0.29) is 11.6 Å². The van der Waals surface area contributed by atoms with Crippen molar-refractivity contribution in [2.45, 2.75) is 6.18 Å². The molecule has 0 bridgehead atoms. The fourth-order valence-electron chi connectivity index (χ4n) is 1.49. The van der Waals surface area contributed by atoms with E-state index in [4.69, 9.17) is 4.74 Å². The molecule has 1 N–H and O–H groups in total. The summed E-state index contributed by atoms with van der Waals surface area (Å²) in [7, 11) is 1.32. The summed E-state index contributed by atoms with van der Waals surface area (Å²) in [5, 5.41) is 0. The molecule has 0 atom stereocenters. The van der Waals surface area contributed by atoms with Gasteiger partial charge in [0.2, 0.25) is 5.75 Å². The Morgan fingerprint density at radius 3 is 2.32 bits per heavy atom. The third-order valence-corrected chi connectivity index (χ3v) is 2.47. The number of methoxy groups -OCH3 is 1. The van der Waals surface area contributed by atoms with Crippen LogP contribution in [0.3, 0.4) is 0 Å². The zero-order valence-corrected chi connectivity index (χ0v) is 9.78. The summed E-state index contributed by atoms with van der Waals surface area (Å²) in [4.78, 5) is 17.8. The molecule has 100 valence electrons. The summed E-state index contributed by atoms with van der Waals surface area (Å²) in [6.45, 7) is 0. The number of alkyl halides is 3. The molecule has 0 aliphatic heterocycles. The summed E-state index contributed by atoms with van der Waals surface area (Å²) in [6, 6.07) is 4.35. The summed E-state index contributed by atoms with van der Waals surface area (Å²) in [5.74, 6) is 0.218. The molecule has 0 amide bonds. The third kappa shape index (κ3) is 2.75. The first-order valence-corrected chi connectivity index (χ1v) is 5.23. The van der Waals surface area contributed by atoms with Crippen LogP contribution in [0.4, 0.5) is 13.2 Å². The zero-order chi connectivity index (χ0) is 14.0. The Morgan fingerprint density at radius 2 is 1.84 bits per heavy atom. The number of hydrogen-bond donors (Lipinski definition) is 1. The van der Waals surface area contributed by atoms with E-state index in [1.807, 2.05) is 0 Å². The van der Waals surface area contributed by atoms with E-state index in [1.165, 1.54) is 25.4 Å². The Morgan fingerprint density at radius 1 is 1.21 bits per heavy atom. The summed E-state index contributed by atoms with van der Waals surface area (Å²) >= 11 is 0. The molecule has 0 saturated heterocycles. The van der Waals surface area contributed by atoms with Crippen molar-refractivity contribution in [2.75, 3.05) is 7.11 Å². The molecule has 0 aliphatic rings. The lowest BCUT2D eigenvalue weighted by Gasteiger charge is -2.07. The van der Waals surface area contributed by atoms with Gasteiger partial charge in [0.1, 0.15) is 5.82 Å². The topological polar surface area (TPSA) is 55.0 Å². The van der Waals surface area contributed by atoms with E-state index in [2.05, 4.69) is 9.97 Å². The van der Waals surface area contributed by atoms with Crippen molar-refractivity contribution in [3.8, 4) is 17.1 Å². The van der Waals surface area contributed by atoms with Crippen LogP contribution in [-0.2, 0) is 6.18 Å². The second-order valence-corrected chi connectivity index (χ2v) is 3.70. The van der Waals surface area contributed by atoms with Gasteiger partial charge in [0.05, 0.1) is 18.9 Å². The van der Waals surface area contributed by atoms with Gasteiger partial charge in [0, 0.05) is 5.56 Å². The molecule has 19 heavy (non-hydrogen) atoms. The molecule has 7 heteroatoms. The van der Waals surface area contributed by atoms with Crippen LogP contribution in [0.5, 0.6) is 5.75 Å². The highest BCUT2D eigenvalue weighted by molar-refractivity contribution is 5.55. The molecule has 1 aromatic carbocycles. The first-order chi connectivity index (χ1) is 8.91. The van der Waals surface area contributed by atoms with Crippen LogP contribution >= 0.6 is 0 Å². The predicted molar refractivity (Wildman–Crippen MR) is 61.8 cm³/mol. The Balaban J connectivity index is 2.38. The minimum absolute atomic E-state index is 0.0376. The average Bonchev–Trinajstić information content (AvgIpc) is 2.38. The maximum Gasteiger partial charge on any atom is 0.416 e. The van der Waals surface area contributed by atoms with E-state index in [9.17, 15) is 18.0 Å². The number of aromatic amines is 1. The number of H-pyrrole nitrogens is 1. The molecule has 0 spiro atoms. The van der Waals surface area contributed by atoms with E-state index >= 15 is 0 Å². The number of nitrogens with zero attached hydrogens (tertiary/aromatic N) is 1. The van der Waals surface area contributed by atoms with Gasteiger partial charge < -0.3 is 9.72 Å². The number of benzene rings is 1. The molecule has 0 saturated carbocycles. The zero-order valence-electron chi connectivity index (χ0n) is 9.78. The number of ether oxygens (including phenoxy) is 1. The monoisotopic (exact) mass is 270 g/mol. The van der Waals surface area contributed by atoms with Gasteiger partial charge in [0.25, 0.3) is 5.56 Å². The largest absolute Gasteiger partial charge is 0.490 e. The standard InChI is InChI=1S/C12H9F3N2O2/c1-19-9-6-16-10(17-11(9)18)7-2-4-8(5-3-7)12(13,14)15/h2-6H,1H3,(H,16,17,18). The highest BCUT2D eigenvalue weighted by Gasteiger charge is 2.30. The lowest BCUT2D eigenvalue weighted by molar-refractivity contribution is -0.137. The van der Waals surface area contributed by atoms with Crippen molar-refractivity contribution < 1.29 is 17.9 Å². The molecular formula is C12H9F3N2O2. The fourth-order valence-corrected chi connectivity index (χ4v) is 1.49. The van der Waals surface area contributed by atoms with Crippen LogP contribution in [-0.4, -0.2) is 17.1 Å². The van der Waals surface area contributed by atoms with Crippen molar-refractivity contribution in [1.82, 2.24) is 9.97 Å². The van der Waals surface area contributed by atoms with Gasteiger partial charge in [-0.2, -0.15) is 13.2 Å². The summed E-state index contributed by atoms with van der Waals surface area (Å²) < 4.78 is 41.9. The third-order valence-electron chi connectivity index (χ3n) is 2.47. The minimum atomic E-state index is -4.39. The molecule has 0 aliphatic carbocycles. The maximum atomic E-state index is 12.4. The first-order valence-electron chi connectivity index (χ1n) is 5.23. The first kappa shape index (κ1) is 13.1. The van der Waals surface area contributed by atoms with Crippen molar-refractivity contribution in [2.24, 2.45) is 0 Å². The molecule has 0 unspecified atom stereocenters. The van der Waals surface area contributed by atoms with Crippen molar-refractivity contribution in [1.29, 1.82) is 0 Å². The van der Waals surface area contributed by atoms with Crippen LogP contribution in [0, 0.1) is 0 Å². The van der Waals surface area contributed by atoms with Crippen molar-refractivity contribution in [3.05, 3.63) is 46.4 Å². The lowest BCUT2D eigenvalue weighted by atomic mass is 10.1. The number of halogens is 3. The number of hydrogen-bond acceptors (Lipinski definition) is 3. The van der Waals surface area contributed by atoms with Crippen LogP contribution < -0.4 is 10.3 Å². The van der Waals surface area contributed by atoms with Gasteiger partial charge in [-0.3, -0.25) is 4.79 Å².